The van der Waals surface area contributed by atoms with E-state index >= 15 is 0 Å². The van der Waals surface area contributed by atoms with Gasteiger partial charge in [-0.25, -0.2) is 0 Å². The molecule has 0 aliphatic rings. The average Bonchev–Trinajstić information content (AvgIpc) is 1.84. The lowest BCUT2D eigenvalue weighted by molar-refractivity contribution is 0.444. The summed E-state index contributed by atoms with van der Waals surface area (Å²) in [4.78, 5) is 0. The molecule has 0 saturated carbocycles. The molecule has 0 unspecified atom stereocenters. The van der Waals surface area contributed by atoms with Crippen LogP contribution in [-0.2, 0) is 14.3 Å². The maximum atomic E-state index is 10.5. The van der Waals surface area contributed by atoms with Gasteiger partial charge in [0.2, 0.25) is 0 Å². The highest BCUT2D eigenvalue weighted by Crippen LogP contribution is 1.91. The summed E-state index contributed by atoms with van der Waals surface area (Å²) in [5.74, 6) is 0.0112. The molecule has 0 radical (unpaired) electrons. The molecule has 0 aliphatic heterocycles. The Morgan fingerprint density at radius 1 is 1.56 bits per heavy atom. The third kappa shape index (κ3) is 4.02. The Bertz CT molecular complexity index is 178. The highest BCUT2D eigenvalue weighted by Gasteiger charge is 2.02. The van der Waals surface area contributed by atoms with Crippen molar-refractivity contribution in [1.82, 2.24) is 0 Å². The number of hydrogen-bond donors (Lipinski definition) is 0. The normalized spacial score (nSPS) is 12.2. The molecule has 0 heterocycles. The number of allylic oxidation sites excluding steroid dienone is 1. The SMILES string of the molecule is C/C=C/OS(=O)(=O)CC. The maximum absolute atomic E-state index is 10.5. The van der Waals surface area contributed by atoms with Crippen LogP contribution in [-0.4, -0.2) is 14.2 Å². The molecular weight excluding hydrogens is 140 g/mol. The average molecular weight is 150 g/mol. The van der Waals surface area contributed by atoms with Crippen LogP contribution in [0.4, 0.5) is 0 Å². The molecule has 0 saturated heterocycles. The molecule has 3 nitrogen and oxygen atoms in total. The molecule has 0 aromatic carbocycles. The quantitative estimate of drug-likeness (QED) is 0.443. The first-order valence-corrected chi connectivity index (χ1v) is 4.22. The third-order valence-electron chi connectivity index (χ3n) is 0.692. The molecule has 4 heteroatoms. The number of rotatable bonds is 3. The van der Waals surface area contributed by atoms with Gasteiger partial charge >= 0.3 is 10.1 Å². The van der Waals surface area contributed by atoms with Crippen molar-refractivity contribution in [3.63, 3.8) is 0 Å². The van der Waals surface area contributed by atoms with E-state index in [0.717, 1.165) is 6.26 Å². The van der Waals surface area contributed by atoms with Crippen molar-refractivity contribution in [2.45, 2.75) is 13.8 Å². The fourth-order valence-electron chi connectivity index (χ4n) is 0.208. The first kappa shape index (κ1) is 8.49. The van der Waals surface area contributed by atoms with Gasteiger partial charge in [0.05, 0.1) is 5.75 Å². The van der Waals surface area contributed by atoms with E-state index in [1.54, 1.807) is 6.92 Å². The fourth-order valence-corrected chi connectivity index (χ4v) is 0.625. The summed E-state index contributed by atoms with van der Waals surface area (Å²) in [6, 6.07) is 0. The predicted octanol–water partition coefficient (Wildman–Crippen LogP) is 0.886. The van der Waals surface area contributed by atoms with Crippen LogP contribution in [0.25, 0.3) is 0 Å². The largest absolute Gasteiger partial charge is 0.391 e. The van der Waals surface area contributed by atoms with E-state index in [0.29, 0.717) is 0 Å². The zero-order valence-corrected chi connectivity index (χ0v) is 6.31. The minimum Gasteiger partial charge on any atom is -0.391 e. The van der Waals surface area contributed by atoms with Gasteiger partial charge in [0.1, 0.15) is 6.26 Å². The Hall–Kier alpha value is -0.510. The van der Waals surface area contributed by atoms with Crippen molar-refractivity contribution in [1.29, 1.82) is 0 Å². The second-order valence-electron chi connectivity index (χ2n) is 1.41. The predicted molar refractivity (Wildman–Crippen MR) is 35.4 cm³/mol. The first-order chi connectivity index (χ1) is 4.12. The van der Waals surface area contributed by atoms with Gasteiger partial charge in [-0.1, -0.05) is 6.08 Å². The molecule has 0 aromatic heterocycles. The zero-order chi connectivity index (χ0) is 7.33. The Morgan fingerprint density at radius 3 is 2.44 bits per heavy atom. The molecule has 54 valence electrons. The molecular formula is C5H10O3S. The van der Waals surface area contributed by atoms with E-state index in [1.807, 2.05) is 0 Å². The second-order valence-corrected chi connectivity index (χ2v) is 3.30. The Labute approximate surface area is 55.5 Å². The van der Waals surface area contributed by atoms with E-state index in [-0.39, 0.29) is 5.75 Å². The van der Waals surface area contributed by atoms with Gasteiger partial charge in [0.25, 0.3) is 0 Å². The molecule has 9 heavy (non-hydrogen) atoms. The van der Waals surface area contributed by atoms with E-state index in [1.165, 1.54) is 13.0 Å². The molecule has 0 bridgehead atoms. The molecule has 0 N–H and O–H groups in total. The number of hydrogen-bond acceptors (Lipinski definition) is 3. The van der Waals surface area contributed by atoms with Crippen molar-refractivity contribution in [3.8, 4) is 0 Å². The fraction of sp³-hybridized carbons (Fsp3) is 0.600. The van der Waals surface area contributed by atoms with Crippen molar-refractivity contribution in [3.05, 3.63) is 12.3 Å². The monoisotopic (exact) mass is 150 g/mol. The van der Waals surface area contributed by atoms with Gasteiger partial charge in [0, 0.05) is 0 Å². The summed E-state index contributed by atoms with van der Waals surface area (Å²) in [7, 11) is -3.27. The lowest BCUT2D eigenvalue weighted by Gasteiger charge is -1.95. The zero-order valence-electron chi connectivity index (χ0n) is 5.49. The second kappa shape index (κ2) is 3.50. The molecule has 0 aromatic rings. The van der Waals surface area contributed by atoms with Crippen LogP contribution >= 0.6 is 0 Å². The summed E-state index contributed by atoms with van der Waals surface area (Å²) in [5.41, 5.74) is 0. The van der Waals surface area contributed by atoms with E-state index in [2.05, 4.69) is 4.18 Å². The molecule has 0 aliphatic carbocycles. The third-order valence-corrected chi connectivity index (χ3v) is 1.80. The molecule has 0 fully saturated rings. The summed E-state index contributed by atoms with van der Waals surface area (Å²) in [6.07, 6.45) is 2.67. The van der Waals surface area contributed by atoms with Crippen LogP contribution in [0.2, 0.25) is 0 Å². The summed E-state index contributed by atoms with van der Waals surface area (Å²) in [6.45, 7) is 3.21. The molecule has 0 amide bonds. The topological polar surface area (TPSA) is 43.4 Å². The van der Waals surface area contributed by atoms with Gasteiger partial charge in [-0.3, -0.25) is 0 Å². The summed E-state index contributed by atoms with van der Waals surface area (Å²) < 4.78 is 25.3. The first-order valence-electron chi connectivity index (χ1n) is 2.64. The van der Waals surface area contributed by atoms with Gasteiger partial charge < -0.3 is 4.18 Å². The van der Waals surface area contributed by atoms with Gasteiger partial charge in [0.15, 0.2) is 0 Å². The Balaban J connectivity index is 3.90. The van der Waals surface area contributed by atoms with E-state index in [4.69, 9.17) is 0 Å². The standard InChI is InChI=1S/C5H10O3S/c1-3-5-8-9(6,7)4-2/h3,5H,4H2,1-2H3/b5-3+. The molecule has 0 atom stereocenters. The molecule has 0 rings (SSSR count). The van der Waals surface area contributed by atoms with Crippen molar-refractivity contribution in [2.24, 2.45) is 0 Å². The minimum absolute atomic E-state index is 0.0112. The van der Waals surface area contributed by atoms with Crippen molar-refractivity contribution >= 4 is 10.1 Å². The van der Waals surface area contributed by atoms with Crippen LogP contribution in [0.3, 0.4) is 0 Å². The Kier molecular flexibility index (Phi) is 3.30. The lowest BCUT2D eigenvalue weighted by atomic mass is 10.8. The maximum Gasteiger partial charge on any atom is 0.308 e. The van der Waals surface area contributed by atoms with Gasteiger partial charge in [-0.15, -0.1) is 0 Å². The summed E-state index contributed by atoms with van der Waals surface area (Å²) in [5, 5.41) is 0. The highest BCUT2D eigenvalue weighted by atomic mass is 32.2. The van der Waals surface area contributed by atoms with Crippen LogP contribution in [0.15, 0.2) is 12.3 Å². The lowest BCUT2D eigenvalue weighted by Crippen LogP contribution is -2.03. The molecule has 0 spiro atoms. The van der Waals surface area contributed by atoms with Crippen LogP contribution in [0, 0.1) is 0 Å². The van der Waals surface area contributed by atoms with E-state index in [9.17, 15) is 8.42 Å². The minimum atomic E-state index is -3.27. The van der Waals surface area contributed by atoms with Gasteiger partial charge in [-0.2, -0.15) is 8.42 Å². The Morgan fingerprint density at radius 2 is 2.11 bits per heavy atom. The van der Waals surface area contributed by atoms with Crippen LogP contribution in [0.5, 0.6) is 0 Å². The van der Waals surface area contributed by atoms with Crippen LogP contribution < -0.4 is 0 Å². The summed E-state index contributed by atoms with van der Waals surface area (Å²) >= 11 is 0. The van der Waals surface area contributed by atoms with Crippen molar-refractivity contribution < 1.29 is 12.6 Å². The smallest absolute Gasteiger partial charge is 0.308 e. The highest BCUT2D eigenvalue weighted by molar-refractivity contribution is 7.86. The van der Waals surface area contributed by atoms with E-state index < -0.39 is 10.1 Å². The van der Waals surface area contributed by atoms with Gasteiger partial charge in [-0.05, 0) is 13.8 Å². The van der Waals surface area contributed by atoms with Crippen molar-refractivity contribution in [2.75, 3.05) is 5.75 Å². The van der Waals surface area contributed by atoms with Crippen LogP contribution in [0.1, 0.15) is 13.8 Å².